The number of unbranched alkanes of at least 4 members (excludes halogenated alkanes) is 1. The summed E-state index contributed by atoms with van der Waals surface area (Å²) in [5.74, 6) is -0.00786. The minimum atomic E-state index is -0.370. The molecule has 0 heterocycles. The lowest BCUT2D eigenvalue weighted by Gasteiger charge is -2.09. The molecule has 2 aromatic carbocycles. The summed E-state index contributed by atoms with van der Waals surface area (Å²) in [6.07, 6.45) is 7.21. The highest BCUT2D eigenvalue weighted by Gasteiger charge is 2.12. The minimum absolute atomic E-state index is 0.169. The van der Waals surface area contributed by atoms with Crippen molar-refractivity contribution in [2.24, 2.45) is 0 Å². The van der Waals surface area contributed by atoms with Crippen LogP contribution in [0.25, 0.3) is 6.08 Å². The monoisotopic (exact) mass is 378 g/mol. The van der Waals surface area contributed by atoms with Gasteiger partial charge in [-0.3, -0.25) is 9.59 Å². The van der Waals surface area contributed by atoms with Gasteiger partial charge in [0.2, 0.25) is 0 Å². The number of allylic oxidation sites excluding steroid dienone is 2. The second-order valence-electron chi connectivity index (χ2n) is 6.11. The number of hydrogen-bond acceptors (Lipinski definition) is 3. The van der Waals surface area contributed by atoms with E-state index in [0.717, 1.165) is 24.2 Å². The molecular formula is C23H26N2O3. The summed E-state index contributed by atoms with van der Waals surface area (Å²) < 4.78 is 5.60. The highest BCUT2D eigenvalue weighted by Crippen LogP contribution is 2.13. The molecule has 28 heavy (non-hydrogen) atoms. The van der Waals surface area contributed by atoms with Gasteiger partial charge >= 0.3 is 0 Å². The molecule has 5 nitrogen and oxygen atoms in total. The Hall–Kier alpha value is -3.34. The van der Waals surface area contributed by atoms with Crippen LogP contribution < -0.4 is 15.4 Å². The molecule has 0 fully saturated rings. The normalized spacial score (nSPS) is 11.3. The number of likely N-dealkylation sites (N-methyl/N-ethyl adjacent to an activating group) is 1. The van der Waals surface area contributed by atoms with Crippen LogP contribution in [0.15, 0.2) is 72.4 Å². The number of rotatable bonds is 9. The van der Waals surface area contributed by atoms with Crippen LogP contribution in [0.1, 0.15) is 35.7 Å². The molecule has 0 bridgehead atoms. The van der Waals surface area contributed by atoms with E-state index in [9.17, 15) is 9.59 Å². The zero-order valence-corrected chi connectivity index (χ0v) is 16.3. The maximum absolute atomic E-state index is 12.5. The van der Waals surface area contributed by atoms with Gasteiger partial charge in [0, 0.05) is 12.6 Å². The Balaban J connectivity index is 2.05. The molecule has 2 aromatic rings. The SMILES string of the molecule is CCCCOc1ccc(C(=O)N/C(=C/C=C\c2ccccc2)C(=O)NC)cc1. The molecule has 0 aromatic heterocycles. The maximum Gasteiger partial charge on any atom is 0.267 e. The van der Waals surface area contributed by atoms with Crippen LogP contribution in [0, 0.1) is 0 Å². The van der Waals surface area contributed by atoms with E-state index < -0.39 is 0 Å². The number of ether oxygens (including phenoxy) is 1. The molecule has 0 radical (unpaired) electrons. The molecule has 2 N–H and O–H groups in total. The largest absolute Gasteiger partial charge is 0.494 e. The summed E-state index contributed by atoms with van der Waals surface area (Å²) in [5, 5.41) is 5.19. The molecule has 5 heteroatoms. The Labute approximate surface area is 166 Å². The highest BCUT2D eigenvalue weighted by molar-refractivity contribution is 6.03. The summed E-state index contributed by atoms with van der Waals surface area (Å²) in [5.41, 5.74) is 1.62. The van der Waals surface area contributed by atoms with E-state index in [4.69, 9.17) is 4.74 Å². The quantitative estimate of drug-likeness (QED) is 0.395. The van der Waals surface area contributed by atoms with Crippen molar-refractivity contribution in [2.45, 2.75) is 19.8 Å². The van der Waals surface area contributed by atoms with E-state index in [1.54, 1.807) is 36.4 Å². The van der Waals surface area contributed by atoms with Gasteiger partial charge in [0.05, 0.1) is 6.61 Å². The van der Waals surface area contributed by atoms with Gasteiger partial charge in [-0.1, -0.05) is 55.8 Å². The lowest BCUT2D eigenvalue weighted by Crippen LogP contribution is -2.33. The van der Waals surface area contributed by atoms with Gasteiger partial charge < -0.3 is 15.4 Å². The average molecular weight is 378 g/mol. The standard InChI is InChI=1S/C23H26N2O3/c1-3-4-17-28-20-15-13-19(14-16-20)22(26)25-21(23(27)24-2)12-8-11-18-9-6-5-7-10-18/h5-16H,3-4,17H2,1-2H3,(H,24,27)(H,25,26)/b11-8-,21-12+. The molecule has 2 rings (SSSR count). The molecule has 0 saturated carbocycles. The van der Waals surface area contributed by atoms with Crippen LogP contribution in [0.4, 0.5) is 0 Å². The smallest absolute Gasteiger partial charge is 0.267 e. The maximum atomic E-state index is 12.5. The number of hydrogen-bond donors (Lipinski definition) is 2. The molecular weight excluding hydrogens is 352 g/mol. The molecule has 146 valence electrons. The number of nitrogens with one attached hydrogen (secondary N) is 2. The average Bonchev–Trinajstić information content (AvgIpc) is 2.73. The number of carbonyl (C=O) groups excluding carboxylic acids is 2. The van der Waals surface area contributed by atoms with Gasteiger partial charge in [-0.15, -0.1) is 0 Å². The third-order valence-electron chi connectivity index (χ3n) is 3.95. The Kier molecular flexibility index (Phi) is 8.53. The Morgan fingerprint density at radius 1 is 1.04 bits per heavy atom. The molecule has 0 unspecified atom stereocenters. The third kappa shape index (κ3) is 6.76. The van der Waals surface area contributed by atoms with Crippen molar-refractivity contribution in [1.29, 1.82) is 0 Å². The van der Waals surface area contributed by atoms with E-state index in [1.807, 2.05) is 36.4 Å². The topological polar surface area (TPSA) is 67.4 Å². The van der Waals surface area contributed by atoms with Crippen LogP contribution >= 0.6 is 0 Å². The van der Waals surface area contributed by atoms with Crippen molar-refractivity contribution in [3.05, 3.63) is 83.6 Å². The van der Waals surface area contributed by atoms with Crippen LogP contribution in [0.2, 0.25) is 0 Å². The first-order valence-electron chi connectivity index (χ1n) is 9.33. The fourth-order valence-electron chi connectivity index (χ4n) is 2.36. The lowest BCUT2D eigenvalue weighted by atomic mass is 10.2. The first-order valence-corrected chi connectivity index (χ1v) is 9.33. The fraction of sp³-hybridized carbons (Fsp3) is 0.217. The summed E-state index contributed by atoms with van der Waals surface area (Å²) in [4.78, 5) is 24.6. The first-order chi connectivity index (χ1) is 13.6. The molecule has 2 amide bonds. The van der Waals surface area contributed by atoms with Crippen molar-refractivity contribution in [3.8, 4) is 5.75 Å². The second-order valence-corrected chi connectivity index (χ2v) is 6.11. The summed E-state index contributed by atoms with van der Waals surface area (Å²) >= 11 is 0. The van der Waals surface area contributed by atoms with Crippen LogP contribution in [0.3, 0.4) is 0 Å². The summed E-state index contributed by atoms with van der Waals surface area (Å²) in [6, 6.07) is 16.6. The minimum Gasteiger partial charge on any atom is -0.494 e. The summed E-state index contributed by atoms with van der Waals surface area (Å²) in [7, 11) is 1.52. The number of benzene rings is 2. The van der Waals surface area contributed by atoms with Gasteiger partial charge in [0.25, 0.3) is 11.8 Å². The van der Waals surface area contributed by atoms with Crippen LogP contribution in [-0.4, -0.2) is 25.5 Å². The van der Waals surface area contributed by atoms with E-state index in [2.05, 4.69) is 17.6 Å². The van der Waals surface area contributed by atoms with Crippen molar-refractivity contribution < 1.29 is 14.3 Å². The van der Waals surface area contributed by atoms with Crippen LogP contribution in [0.5, 0.6) is 5.75 Å². The van der Waals surface area contributed by atoms with Gasteiger partial charge in [-0.05, 0) is 42.3 Å². The first kappa shape index (κ1) is 21.0. The summed E-state index contributed by atoms with van der Waals surface area (Å²) in [6.45, 7) is 2.75. The molecule has 0 aliphatic carbocycles. The predicted molar refractivity (Wildman–Crippen MR) is 112 cm³/mol. The highest BCUT2D eigenvalue weighted by atomic mass is 16.5. The van der Waals surface area contributed by atoms with Crippen molar-refractivity contribution in [1.82, 2.24) is 10.6 Å². The molecule has 0 spiro atoms. The predicted octanol–water partition coefficient (Wildman–Crippen LogP) is 3.94. The Morgan fingerprint density at radius 3 is 2.39 bits per heavy atom. The fourth-order valence-corrected chi connectivity index (χ4v) is 2.36. The third-order valence-corrected chi connectivity index (χ3v) is 3.95. The van der Waals surface area contributed by atoms with E-state index >= 15 is 0 Å². The second kappa shape index (κ2) is 11.4. The van der Waals surface area contributed by atoms with Gasteiger partial charge in [-0.2, -0.15) is 0 Å². The number of carbonyl (C=O) groups is 2. The van der Waals surface area contributed by atoms with E-state index in [-0.39, 0.29) is 17.5 Å². The molecule has 0 saturated heterocycles. The van der Waals surface area contributed by atoms with Crippen LogP contribution in [-0.2, 0) is 4.79 Å². The zero-order valence-electron chi connectivity index (χ0n) is 16.3. The lowest BCUT2D eigenvalue weighted by molar-refractivity contribution is -0.117. The van der Waals surface area contributed by atoms with Crippen molar-refractivity contribution in [2.75, 3.05) is 13.7 Å². The Morgan fingerprint density at radius 2 is 1.75 bits per heavy atom. The van der Waals surface area contributed by atoms with Gasteiger partial charge in [-0.25, -0.2) is 0 Å². The van der Waals surface area contributed by atoms with Crippen molar-refractivity contribution >= 4 is 17.9 Å². The number of amides is 2. The Bertz CT molecular complexity index is 825. The van der Waals surface area contributed by atoms with Crippen molar-refractivity contribution in [3.63, 3.8) is 0 Å². The van der Waals surface area contributed by atoms with Gasteiger partial charge in [0.15, 0.2) is 0 Å². The molecule has 0 atom stereocenters. The van der Waals surface area contributed by atoms with E-state index in [1.165, 1.54) is 7.05 Å². The molecule has 0 aliphatic heterocycles. The zero-order chi connectivity index (χ0) is 20.2. The van der Waals surface area contributed by atoms with Gasteiger partial charge in [0.1, 0.15) is 11.4 Å². The van der Waals surface area contributed by atoms with E-state index in [0.29, 0.717) is 12.2 Å². The molecule has 0 aliphatic rings.